The smallest absolute Gasteiger partial charge is 0.297 e. The van der Waals surface area contributed by atoms with Crippen LogP contribution >= 0.6 is 0 Å². The van der Waals surface area contributed by atoms with Crippen molar-refractivity contribution >= 4 is 34.2 Å². The van der Waals surface area contributed by atoms with Crippen LogP contribution in [0.2, 0.25) is 0 Å². The second kappa shape index (κ2) is 12.9. The van der Waals surface area contributed by atoms with E-state index in [0.717, 1.165) is 74.4 Å². The number of hydrogen-bond acceptors (Lipinski definition) is 9. The molecule has 0 bridgehead atoms. The van der Waals surface area contributed by atoms with Crippen LogP contribution in [0, 0.1) is 0 Å². The fraction of sp³-hybridized carbons (Fsp3) is 0.488. The predicted molar refractivity (Wildman–Crippen MR) is 201 cm³/mol. The Morgan fingerprint density at radius 1 is 0.792 bits per heavy atom. The minimum Gasteiger partial charge on any atom is -0.381 e. The van der Waals surface area contributed by atoms with E-state index in [-0.39, 0.29) is 42.4 Å². The van der Waals surface area contributed by atoms with Gasteiger partial charge in [0.25, 0.3) is 17.4 Å². The lowest BCUT2D eigenvalue weighted by Gasteiger charge is -2.29. The summed E-state index contributed by atoms with van der Waals surface area (Å²) in [6.07, 6.45) is 9.59. The van der Waals surface area contributed by atoms with Crippen molar-refractivity contribution in [1.29, 1.82) is 0 Å². The molecule has 2 aromatic heterocycles. The predicted octanol–water partition coefficient (Wildman–Crippen LogP) is 4.25. The van der Waals surface area contributed by atoms with Gasteiger partial charge >= 0.3 is 0 Å². The van der Waals surface area contributed by atoms with Crippen LogP contribution in [0.15, 0.2) is 78.2 Å². The molecule has 1 aliphatic carbocycles. The van der Waals surface area contributed by atoms with Crippen LogP contribution in [-0.4, -0.2) is 114 Å². The maximum atomic E-state index is 14.8. The molecule has 1 N–H and O–H groups in total. The van der Waals surface area contributed by atoms with E-state index in [0.29, 0.717) is 18.3 Å². The Labute approximate surface area is 309 Å². The molecule has 0 spiro atoms. The van der Waals surface area contributed by atoms with E-state index in [9.17, 15) is 9.59 Å². The van der Waals surface area contributed by atoms with Crippen molar-refractivity contribution in [3.63, 3.8) is 0 Å². The Morgan fingerprint density at radius 2 is 1.36 bits per heavy atom. The first-order chi connectivity index (χ1) is 26.0. The third kappa shape index (κ3) is 5.69. The van der Waals surface area contributed by atoms with Gasteiger partial charge in [0.05, 0.1) is 53.6 Å². The van der Waals surface area contributed by atoms with E-state index in [4.69, 9.17) is 9.82 Å². The van der Waals surface area contributed by atoms with Crippen LogP contribution in [0.5, 0.6) is 0 Å². The van der Waals surface area contributed by atoms with Crippen LogP contribution in [0.3, 0.4) is 0 Å². The maximum absolute atomic E-state index is 14.8. The first-order valence-corrected chi connectivity index (χ1v) is 19.6. The number of aryl methyl sites for hydroxylation is 1. The molecule has 6 aliphatic rings. The molecular formula is C41H47N9O3. The highest BCUT2D eigenvalue weighted by atomic mass is 16.7. The number of rotatable bonds is 10. The van der Waals surface area contributed by atoms with Gasteiger partial charge in [-0.25, -0.2) is 9.67 Å². The standard InChI is InChI=1S/C41H47N9O3/c1-2-48-38-31(20-43-48)37(44-29-16-10-5-11-17-29)30(19-42-38)32-18-41(53-45-32,39(51)49-33-23-46(24-34(33)49)21-27-12-6-3-7-13-27)40(52)50-35-25-47(26-36(35)50)22-28-14-8-4-9-15-28/h3-4,6-9,12-15,19-20,29,33-36H,2,5,10-11,16-18,21-26H2,1H3,(H,42,44). The number of anilines is 1. The molecule has 5 fully saturated rings. The van der Waals surface area contributed by atoms with Gasteiger partial charge in [-0.05, 0) is 30.9 Å². The lowest BCUT2D eigenvalue weighted by atomic mass is 9.90. The summed E-state index contributed by atoms with van der Waals surface area (Å²) in [5.74, 6) is -0.507. The van der Waals surface area contributed by atoms with Crippen molar-refractivity contribution in [3.8, 4) is 0 Å². The number of piperazine rings is 2. The molecule has 5 aliphatic heterocycles. The summed E-state index contributed by atoms with van der Waals surface area (Å²) in [5.41, 5.74) is 3.88. The van der Waals surface area contributed by atoms with Gasteiger partial charge in [-0.3, -0.25) is 19.4 Å². The van der Waals surface area contributed by atoms with Gasteiger partial charge in [-0.15, -0.1) is 0 Å². The van der Waals surface area contributed by atoms with E-state index in [2.05, 4.69) is 80.8 Å². The van der Waals surface area contributed by atoms with Crippen LogP contribution < -0.4 is 5.32 Å². The van der Waals surface area contributed by atoms with E-state index >= 15 is 0 Å². The fourth-order valence-electron chi connectivity index (χ4n) is 9.66. The second-order valence-electron chi connectivity index (χ2n) is 15.9. The van der Waals surface area contributed by atoms with Gasteiger partial charge < -0.3 is 20.0 Å². The summed E-state index contributed by atoms with van der Waals surface area (Å²) in [7, 11) is 0. The molecule has 4 atom stereocenters. The van der Waals surface area contributed by atoms with Crippen molar-refractivity contribution < 1.29 is 14.4 Å². The maximum Gasteiger partial charge on any atom is 0.297 e. The van der Waals surface area contributed by atoms with Crippen LogP contribution in [0.1, 0.15) is 62.1 Å². The highest BCUT2D eigenvalue weighted by Crippen LogP contribution is 2.46. The number of oxime groups is 1. The van der Waals surface area contributed by atoms with Gasteiger partial charge in [-0.1, -0.05) is 85.1 Å². The summed E-state index contributed by atoms with van der Waals surface area (Å²) in [6, 6.07) is 21.5. The number of likely N-dealkylation sites (tertiary alicyclic amines) is 2. The Bertz CT molecular complexity index is 1960. The van der Waals surface area contributed by atoms with Gasteiger partial charge in [0, 0.05) is 63.6 Å². The minimum absolute atomic E-state index is 0.0695. The molecule has 12 nitrogen and oxygen atoms in total. The number of nitrogens with zero attached hydrogens (tertiary/aromatic N) is 8. The van der Waals surface area contributed by atoms with Crippen LogP contribution in [0.25, 0.3) is 11.0 Å². The van der Waals surface area contributed by atoms with E-state index < -0.39 is 5.60 Å². The lowest BCUT2D eigenvalue weighted by Crippen LogP contribution is -2.55. The van der Waals surface area contributed by atoms with Gasteiger partial charge in [0.2, 0.25) is 0 Å². The number of nitrogens with one attached hydrogen (secondary N) is 1. The molecular weight excluding hydrogens is 667 g/mol. The van der Waals surface area contributed by atoms with Gasteiger partial charge in [0.15, 0.2) is 5.65 Å². The minimum atomic E-state index is -1.73. The van der Waals surface area contributed by atoms with Crippen molar-refractivity contribution in [1.82, 2.24) is 34.4 Å². The number of pyridine rings is 1. The fourth-order valence-corrected chi connectivity index (χ4v) is 9.66. The van der Waals surface area contributed by atoms with Crippen molar-refractivity contribution in [2.24, 2.45) is 5.16 Å². The first-order valence-electron chi connectivity index (χ1n) is 19.6. The number of carbonyl (C=O) groups excluding carboxylic acids is 2. The molecule has 1 saturated carbocycles. The molecule has 4 saturated heterocycles. The van der Waals surface area contributed by atoms with Crippen LogP contribution in [-0.2, 0) is 34.1 Å². The summed E-state index contributed by atoms with van der Waals surface area (Å²) < 4.78 is 1.90. The Hall–Kier alpha value is -4.81. The molecule has 2 aromatic carbocycles. The monoisotopic (exact) mass is 713 g/mol. The molecule has 2 amide bonds. The Balaban J connectivity index is 0.922. The number of fused-ring (bicyclic) bond motifs is 3. The van der Waals surface area contributed by atoms with Crippen molar-refractivity contribution in [3.05, 3.63) is 89.7 Å². The van der Waals surface area contributed by atoms with E-state index in [1.165, 1.54) is 30.4 Å². The number of aromatic nitrogens is 3. The molecule has 53 heavy (non-hydrogen) atoms. The third-order valence-corrected chi connectivity index (χ3v) is 12.5. The molecule has 4 aromatic rings. The second-order valence-corrected chi connectivity index (χ2v) is 15.9. The number of benzene rings is 2. The number of carbonyl (C=O) groups is 2. The molecule has 274 valence electrons. The van der Waals surface area contributed by atoms with Crippen LogP contribution in [0.4, 0.5) is 5.69 Å². The molecule has 10 rings (SSSR count). The average molecular weight is 714 g/mol. The quantitative estimate of drug-likeness (QED) is 0.192. The topological polar surface area (TPSA) is 111 Å². The van der Waals surface area contributed by atoms with Crippen molar-refractivity contribution in [2.45, 2.75) is 101 Å². The Morgan fingerprint density at radius 3 is 1.91 bits per heavy atom. The lowest BCUT2D eigenvalue weighted by molar-refractivity contribution is -0.166. The highest BCUT2D eigenvalue weighted by Gasteiger charge is 2.70. The Kier molecular flexibility index (Phi) is 8.01. The molecule has 0 radical (unpaired) electrons. The zero-order chi connectivity index (χ0) is 35.7. The van der Waals surface area contributed by atoms with Crippen molar-refractivity contribution in [2.75, 3.05) is 31.5 Å². The molecule has 12 heteroatoms. The summed E-state index contributed by atoms with van der Waals surface area (Å²) in [5, 5.41) is 14.0. The van der Waals surface area contributed by atoms with E-state index in [1.807, 2.05) is 39.0 Å². The largest absolute Gasteiger partial charge is 0.381 e. The molecule has 4 unspecified atom stereocenters. The SMILES string of the molecule is CCn1ncc2c(NC3CCCCC3)c(C3=NOC(C(=O)N4C5CN(Cc6ccccc6)CC54)(C(=O)N4C5CN(Cc6ccccc6)CC54)C3)cnc21. The summed E-state index contributed by atoms with van der Waals surface area (Å²) >= 11 is 0. The molecule has 7 heterocycles. The summed E-state index contributed by atoms with van der Waals surface area (Å²) in [6.45, 7) is 7.59. The average Bonchev–Trinajstić information content (AvgIpc) is 3.62. The normalized spacial score (nSPS) is 28.1. The van der Waals surface area contributed by atoms with E-state index in [1.54, 1.807) is 0 Å². The first kappa shape index (κ1) is 32.8. The zero-order valence-corrected chi connectivity index (χ0v) is 30.3. The number of hydrogen-bond donors (Lipinski definition) is 1. The van der Waals surface area contributed by atoms with Gasteiger partial charge in [0.1, 0.15) is 0 Å². The zero-order valence-electron chi connectivity index (χ0n) is 30.3. The summed E-state index contributed by atoms with van der Waals surface area (Å²) in [4.78, 5) is 49.5. The third-order valence-electron chi connectivity index (χ3n) is 12.5. The number of amides is 2. The highest BCUT2D eigenvalue weighted by molar-refractivity contribution is 6.19. The van der Waals surface area contributed by atoms with Gasteiger partial charge in [-0.2, -0.15) is 5.10 Å².